The number of hydrogen-bond donors (Lipinski definition) is 0. The second-order valence-corrected chi connectivity index (χ2v) is 9.90. The zero-order valence-electron chi connectivity index (χ0n) is 19.8. The Morgan fingerprint density at radius 1 is 0.875 bits per heavy atom. The Kier molecular flexibility index (Phi) is 7.59. The Hall–Kier alpha value is -1.03. The van der Waals surface area contributed by atoms with Gasteiger partial charge in [-0.05, 0) is 83.4 Å². The summed E-state index contributed by atoms with van der Waals surface area (Å²) in [5, 5.41) is 0. The lowest BCUT2D eigenvalue weighted by molar-refractivity contribution is -0.172. The highest BCUT2D eigenvalue weighted by Crippen LogP contribution is 2.37. The van der Waals surface area contributed by atoms with Gasteiger partial charge in [0.2, 0.25) is 0 Å². The van der Waals surface area contributed by atoms with Gasteiger partial charge in [-0.1, -0.05) is 6.07 Å². The second kappa shape index (κ2) is 10.1. The Morgan fingerprint density at radius 3 is 1.97 bits per heavy atom. The molecule has 0 bridgehead atoms. The van der Waals surface area contributed by atoms with Gasteiger partial charge in [0.05, 0.1) is 24.4 Å². The van der Waals surface area contributed by atoms with E-state index >= 15 is 4.39 Å². The molecule has 3 aliphatic heterocycles. The fraction of sp³-hybridized carbons (Fsp3) is 0.750. The van der Waals surface area contributed by atoms with Crippen LogP contribution in [0, 0.1) is 5.82 Å². The van der Waals surface area contributed by atoms with Crippen LogP contribution in [0.4, 0.5) is 4.39 Å². The summed E-state index contributed by atoms with van der Waals surface area (Å²) in [6, 6.07) is 3.22. The Morgan fingerprint density at radius 2 is 1.44 bits per heavy atom. The predicted molar refractivity (Wildman–Crippen MR) is 119 cm³/mol. The SMILES string of the molecule is CC1(C)OB(c2c(F)ccc(COC3CCCCO3)c2COC2CCCCO2)OC1(C)C. The molecule has 6 nitrogen and oxygen atoms in total. The molecule has 0 amide bonds. The first-order valence-electron chi connectivity index (χ1n) is 11.9. The van der Waals surface area contributed by atoms with E-state index in [0.29, 0.717) is 30.8 Å². The zero-order valence-corrected chi connectivity index (χ0v) is 19.8. The number of benzene rings is 1. The van der Waals surface area contributed by atoms with Crippen molar-refractivity contribution in [1.82, 2.24) is 0 Å². The largest absolute Gasteiger partial charge is 0.498 e. The number of ether oxygens (including phenoxy) is 4. The van der Waals surface area contributed by atoms with Crippen LogP contribution in [0.2, 0.25) is 0 Å². The first kappa shape index (κ1) is 24.1. The van der Waals surface area contributed by atoms with Gasteiger partial charge in [-0.3, -0.25) is 0 Å². The number of halogens is 1. The molecule has 3 fully saturated rings. The molecule has 3 saturated heterocycles. The summed E-state index contributed by atoms with van der Waals surface area (Å²) < 4.78 is 51.2. The quantitative estimate of drug-likeness (QED) is 0.581. The van der Waals surface area contributed by atoms with Crippen LogP contribution in [0.5, 0.6) is 0 Å². The maximum Gasteiger partial charge on any atom is 0.498 e. The van der Waals surface area contributed by atoms with Crippen LogP contribution < -0.4 is 5.46 Å². The average Bonchev–Trinajstić information content (AvgIpc) is 2.99. The van der Waals surface area contributed by atoms with E-state index < -0.39 is 18.3 Å². The first-order valence-corrected chi connectivity index (χ1v) is 11.9. The van der Waals surface area contributed by atoms with E-state index in [1.54, 1.807) is 6.07 Å². The minimum Gasteiger partial charge on any atom is -0.399 e. The lowest BCUT2D eigenvalue weighted by Gasteiger charge is -2.32. The lowest BCUT2D eigenvalue weighted by atomic mass is 9.74. The van der Waals surface area contributed by atoms with Gasteiger partial charge in [-0.25, -0.2) is 4.39 Å². The molecule has 0 aromatic heterocycles. The fourth-order valence-electron chi connectivity index (χ4n) is 4.25. The third kappa shape index (κ3) is 5.37. The summed E-state index contributed by atoms with van der Waals surface area (Å²) in [6.07, 6.45) is 5.44. The van der Waals surface area contributed by atoms with Gasteiger partial charge < -0.3 is 28.3 Å². The van der Waals surface area contributed by atoms with Gasteiger partial charge in [0.1, 0.15) is 5.82 Å². The molecule has 4 rings (SSSR count). The monoisotopic (exact) mass is 450 g/mol. The van der Waals surface area contributed by atoms with Gasteiger partial charge in [0.15, 0.2) is 12.6 Å². The van der Waals surface area contributed by atoms with Gasteiger partial charge in [0.25, 0.3) is 0 Å². The van der Waals surface area contributed by atoms with Gasteiger partial charge in [-0.2, -0.15) is 0 Å². The van der Waals surface area contributed by atoms with Crippen molar-refractivity contribution in [3.8, 4) is 0 Å². The zero-order chi connectivity index (χ0) is 22.8. The van der Waals surface area contributed by atoms with Gasteiger partial charge >= 0.3 is 7.12 Å². The second-order valence-electron chi connectivity index (χ2n) is 9.90. The number of rotatable bonds is 7. The van der Waals surface area contributed by atoms with E-state index in [9.17, 15) is 0 Å². The molecule has 1 aromatic rings. The van der Waals surface area contributed by atoms with Crippen molar-refractivity contribution in [1.29, 1.82) is 0 Å². The van der Waals surface area contributed by atoms with Crippen molar-refractivity contribution in [2.24, 2.45) is 0 Å². The molecule has 0 radical (unpaired) electrons. The summed E-state index contributed by atoms with van der Waals surface area (Å²) in [5.74, 6) is -0.371. The molecule has 0 N–H and O–H groups in total. The fourth-order valence-corrected chi connectivity index (χ4v) is 4.25. The summed E-state index contributed by atoms with van der Waals surface area (Å²) in [5.41, 5.74) is 0.786. The van der Waals surface area contributed by atoms with Crippen molar-refractivity contribution >= 4 is 12.6 Å². The van der Waals surface area contributed by atoms with E-state index in [2.05, 4.69) is 0 Å². The molecule has 0 spiro atoms. The predicted octanol–water partition coefficient (Wildman–Crippen LogP) is 4.21. The van der Waals surface area contributed by atoms with Crippen LogP contribution in [0.3, 0.4) is 0 Å². The van der Waals surface area contributed by atoms with Crippen LogP contribution in [-0.4, -0.2) is 44.1 Å². The van der Waals surface area contributed by atoms with Crippen molar-refractivity contribution < 1.29 is 32.6 Å². The van der Waals surface area contributed by atoms with Crippen LogP contribution in [-0.2, 0) is 41.5 Å². The lowest BCUT2D eigenvalue weighted by Crippen LogP contribution is -2.41. The van der Waals surface area contributed by atoms with Crippen LogP contribution in [0.25, 0.3) is 0 Å². The van der Waals surface area contributed by atoms with E-state index in [-0.39, 0.29) is 25.0 Å². The molecular formula is C24H36BFO6. The Bertz CT molecular complexity index is 758. The van der Waals surface area contributed by atoms with Gasteiger partial charge in [0, 0.05) is 18.7 Å². The molecule has 1 aromatic carbocycles. The Balaban J connectivity index is 1.59. The molecule has 178 valence electrons. The van der Waals surface area contributed by atoms with Crippen molar-refractivity contribution in [3.63, 3.8) is 0 Å². The molecule has 3 heterocycles. The van der Waals surface area contributed by atoms with Crippen LogP contribution >= 0.6 is 0 Å². The highest BCUT2D eigenvalue weighted by Gasteiger charge is 2.53. The molecule has 2 unspecified atom stereocenters. The number of hydrogen-bond acceptors (Lipinski definition) is 6. The van der Waals surface area contributed by atoms with Crippen molar-refractivity contribution in [2.75, 3.05) is 13.2 Å². The third-order valence-corrected chi connectivity index (χ3v) is 7.00. The van der Waals surface area contributed by atoms with E-state index in [4.69, 9.17) is 28.3 Å². The highest BCUT2D eigenvalue weighted by molar-refractivity contribution is 6.62. The first-order chi connectivity index (χ1) is 15.3. The Labute approximate surface area is 191 Å². The standard InChI is InChI=1S/C24H36BFO6/c1-23(2)24(3,4)32-25(31-23)22-18(16-30-21-10-6-8-14-28-21)17(11-12-19(22)26)15-29-20-9-5-7-13-27-20/h11-12,20-21H,5-10,13-16H2,1-4H3. The van der Waals surface area contributed by atoms with E-state index in [1.165, 1.54) is 6.07 Å². The molecule has 0 saturated carbocycles. The van der Waals surface area contributed by atoms with Crippen LogP contribution in [0.15, 0.2) is 12.1 Å². The molecule has 8 heteroatoms. The summed E-state index contributed by atoms with van der Waals surface area (Å²) in [7, 11) is -0.822. The molecule has 3 aliphatic rings. The minimum absolute atomic E-state index is 0.200. The van der Waals surface area contributed by atoms with E-state index in [0.717, 1.165) is 44.1 Å². The molecule has 2 atom stereocenters. The van der Waals surface area contributed by atoms with E-state index in [1.807, 2.05) is 27.7 Å². The highest BCUT2D eigenvalue weighted by atomic mass is 19.1. The van der Waals surface area contributed by atoms with Crippen LogP contribution in [0.1, 0.15) is 77.3 Å². The van der Waals surface area contributed by atoms with Crippen molar-refractivity contribution in [3.05, 3.63) is 29.1 Å². The summed E-state index contributed by atoms with van der Waals surface area (Å²) in [6.45, 7) is 9.76. The summed E-state index contributed by atoms with van der Waals surface area (Å²) >= 11 is 0. The normalized spacial score (nSPS) is 27.6. The maximum absolute atomic E-state index is 15.2. The smallest absolute Gasteiger partial charge is 0.399 e. The third-order valence-electron chi connectivity index (χ3n) is 7.00. The van der Waals surface area contributed by atoms with Crippen molar-refractivity contribution in [2.45, 2.75) is 103 Å². The molecular weight excluding hydrogens is 414 g/mol. The maximum atomic E-state index is 15.2. The average molecular weight is 450 g/mol. The topological polar surface area (TPSA) is 55.4 Å². The minimum atomic E-state index is -0.822. The molecule has 32 heavy (non-hydrogen) atoms. The molecule has 0 aliphatic carbocycles. The summed E-state index contributed by atoms with van der Waals surface area (Å²) in [4.78, 5) is 0. The van der Waals surface area contributed by atoms with Gasteiger partial charge in [-0.15, -0.1) is 0 Å².